The van der Waals surface area contributed by atoms with Gasteiger partial charge >= 0.3 is 5.69 Å². The smallest absolute Gasteiger partial charge is 0.311 e. The Balaban J connectivity index is 2.99. The van der Waals surface area contributed by atoms with E-state index in [4.69, 9.17) is 0 Å². The van der Waals surface area contributed by atoms with E-state index in [9.17, 15) is 10.1 Å². The Kier molecular flexibility index (Phi) is 5.34. The molecule has 94 valence electrons. The number of halogens is 1. The van der Waals surface area contributed by atoms with E-state index >= 15 is 0 Å². The van der Waals surface area contributed by atoms with Crippen LogP contribution < -0.4 is 5.32 Å². The Morgan fingerprint density at radius 3 is 2.76 bits per heavy atom. The van der Waals surface area contributed by atoms with Gasteiger partial charge in [0, 0.05) is 12.2 Å². The molecule has 1 N–H and O–H groups in total. The average molecular weight is 302 g/mol. The molecule has 5 nitrogen and oxygen atoms in total. The molecule has 0 amide bonds. The van der Waals surface area contributed by atoms with Crippen molar-refractivity contribution < 1.29 is 4.92 Å². The quantitative estimate of drug-likeness (QED) is 0.642. The highest BCUT2D eigenvalue weighted by atomic mass is 79.9. The summed E-state index contributed by atoms with van der Waals surface area (Å²) in [6.07, 6.45) is 5.80. The summed E-state index contributed by atoms with van der Waals surface area (Å²) in [6, 6.07) is 0.248. The molecule has 0 bridgehead atoms. The summed E-state index contributed by atoms with van der Waals surface area (Å²) >= 11 is 3.29. The maximum atomic E-state index is 10.9. The summed E-state index contributed by atoms with van der Waals surface area (Å²) in [5, 5.41) is 14.1. The van der Waals surface area contributed by atoms with Crippen molar-refractivity contribution in [2.24, 2.45) is 0 Å². The Bertz CT molecular complexity index is 398. The minimum atomic E-state index is -0.418. The molecule has 6 heteroatoms. The van der Waals surface area contributed by atoms with E-state index in [-0.39, 0.29) is 11.7 Å². The van der Waals surface area contributed by atoms with E-state index in [1.54, 1.807) is 6.20 Å². The largest absolute Gasteiger partial charge is 0.376 e. The third-order valence-corrected chi connectivity index (χ3v) is 3.16. The SMILES string of the molecule is CCCC(CC)Nc1c(Br)cncc1[N+](=O)[O-]. The normalized spacial score (nSPS) is 12.2. The average Bonchev–Trinajstić information content (AvgIpc) is 2.30. The summed E-state index contributed by atoms with van der Waals surface area (Å²) in [6.45, 7) is 4.16. The van der Waals surface area contributed by atoms with Gasteiger partial charge in [-0.15, -0.1) is 0 Å². The number of pyridine rings is 1. The van der Waals surface area contributed by atoms with Gasteiger partial charge in [0.25, 0.3) is 0 Å². The molecule has 1 unspecified atom stereocenters. The van der Waals surface area contributed by atoms with Crippen molar-refractivity contribution in [1.29, 1.82) is 0 Å². The number of rotatable bonds is 6. The Hall–Kier alpha value is -1.17. The number of hydrogen-bond acceptors (Lipinski definition) is 4. The van der Waals surface area contributed by atoms with Gasteiger partial charge in [0.05, 0.1) is 9.40 Å². The van der Waals surface area contributed by atoms with Gasteiger partial charge in [-0.05, 0) is 28.8 Å². The molecule has 1 aromatic heterocycles. The van der Waals surface area contributed by atoms with Crippen LogP contribution in [0.4, 0.5) is 11.4 Å². The number of anilines is 1. The molecule has 0 saturated heterocycles. The first-order chi connectivity index (χ1) is 8.10. The summed E-state index contributed by atoms with van der Waals surface area (Å²) in [5.74, 6) is 0. The van der Waals surface area contributed by atoms with E-state index in [0.29, 0.717) is 10.2 Å². The Labute approximate surface area is 109 Å². The Morgan fingerprint density at radius 2 is 2.24 bits per heavy atom. The van der Waals surface area contributed by atoms with Crippen molar-refractivity contribution in [2.45, 2.75) is 39.2 Å². The predicted octanol–water partition coefficient (Wildman–Crippen LogP) is 3.74. The van der Waals surface area contributed by atoms with Crippen LogP contribution in [0, 0.1) is 10.1 Å². The molecule has 17 heavy (non-hydrogen) atoms. The zero-order valence-electron chi connectivity index (χ0n) is 9.94. The molecule has 1 atom stereocenters. The van der Waals surface area contributed by atoms with Gasteiger partial charge in [0.15, 0.2) is 0 Å². The van der Waals surface area contributed by atoms with Crippen LogP contribution in [0.5, 0.6) is 0 Å². The minimum Gasteiger partial charge on any atom is -0.376 e. The van der Waals surface area contributed by atoms with Crippen LogP contribution in [-0.4, -0.2) is 15.9 Å². The minimum absolute atomic E-state index is 0.00827. The molecule has 1 rings (SSSR count). The van der Waals surface area contributed by atoms with E-state index in [1.807, 2.05) is 0 Å². The summed E-state index contributed by atoms with van der Waals surface area (Å²) in [7, 11) is 0. The monoisotopic (exact) mass is 301 g/mol. The number of nitrogens with one attached hydrogen (secondary N) is 1. The molecule has 0 aliphatic carbocycles. The van der Waals surface area contributed by atoms with Gasteiger partial charge in [0.1, 0.15) is 11.9 Å². The van der Waals surface area contributed by atoms with Crippen LogP contribution in [0.15, 0.2) is 16.9 Å². The van der Waals surface area contributed by atoms with Gasteiger partial charge < -0.3 is 5.32 Å². The molecule has 0 radical (unpaired) electrons. The molecular formula is C11H16BrN3O2. The number of nitro groups is 1. The molecule has 0 fully saturated rings. The van der Waals surface area contributed by atoms with Gasteiger partial charge in [-0.25, -0.2) is 0 Å². The lowest BCUT2D eigenvalue weighted by Crippen LogP contribution is -2.19. The van der Waals surface area contributed by atoms with E-state index in [2.05, 4.69) is 40.1 Å². The van der Waals surface area contributed by atoms with Crippen LogP contribution in [0.3, 0.4) is 0 Å². The molecule has 0 aliphatic rings. The topological polar surface area (TPSA) is 68.1 Å². The van der Waals surface area contributed by atoms with E-state index in [0.717, 1.165) is 19.3 Å². The highest BCUT2D eigenvalue weighted by Gasteiger charge is 2.19. The fraction of sp³-hybridized carbons (Fsp3) is 0.545. The first-order valence-electron chi connectivity index (χ1n) is 5.64. The van der Waals surface area contributed by atoms with Crippen LogP contribution in [0.2, 0.25) is 0 Å². The molecule has 0 aromatic carbocycles. The standard InChI is InChI=1S/C11H16BrN3O2/c1-3-5-8(4-2)14-11-9(12)6-13-7-10(11)15(16)17/h6-8H,3-5H2,1-2H3,(H,13,14). The van der Waals surface area contributed by atoms with E-state index in [1.165, 1.54) is 6.20 Å². The van der Waals surface area contributed by atoms with Gasteiger partial charge in [-0.3, -0.25) is 15.1 Å². The fourth-order valence-electron chi connectivity index (χ4n) is 1.64. The van der Waals surface area contributed by atoms with Crippen LogP contribution in [-0.2, 0) is 0 Å². The second-order valence-corrected chi connectivity index (χ2v) is 4.67. The predicted molar refractivity (Wildman–Crippen MR) is 71.2 cm³/mol. The van der Waals surface area contributed by atoms with Crippen molar-refractivity contribution >= 4 is 27.3 Å². The maximum Gasteiger partial charge on any atom is 0.311 e. The van der Waals surface area contributed by atoms with Crippen LogP contribution >= 0.6 is 15.9 Å². The summed E-state index contributed by atoms with van der Waals surface area (Å²) < 4.78 is 0.626. The second-order valence-electron chi connectivity index (χ2n) is 3.81. The molecule has 0 saturated carbocycles. The van der Waals surface area contributed by atoms with Gasteiger partial charge in [0.2, 0.25) is 0 Å². The zero-order chi connectivity index (χ0) is 12.8. The molecule has 0 spiro atoms. The second kappa shape index (κ2) is 6.54. The van der Waals surface area contributed by atoms with Crippen molar-refractivity contribution in [3.8, 4) is 0 Å². The van der Waals surface area contributed by atoms with Crippen molar-refractivity contribution in [3.05, 3.63) is 27.0 Å². The zero-order valence-corrected chi connectivity index (χ0v) is 11.5. The van der Waals surface area contributed by atoms with Crippen molar-refractivity contribution in [2.75, 3.05) is 5.32 Å². The summed E-state index contributed by atoms with van der Waals surface area (Å²) in [5.41, 5.74) is 0.527. The number of hydrogen-bond donors (Lipinski definition) is 1. The summed E-state index contributed by atoms with van der Waals surface area (Å²) in [4.78, 5) is 14.3. The van der Waals surface area contributed by atoms with Gasteiger partial charge in [-0.2, -0.15) is 0 Å². The first kappa shape index (κ1) is 13.9. The first-order valence-corrected chi connectivity index (χ1v) is 6.43. The molecule has 1 aromatic rings. The Morgan fingerprint density at radius 1 is 1.53 bits per heavy atom. The lowest BCUT2D eigenvalue weighted by molar-refractivity contribution is -0.384. The molecular weight excluding hydrogens is 286 g/mol. The van der Waals surface area contributed by atoms with Crippen LogP contribution in [0.25, 0.3) is 0 Å². The van der Waals surface area contributed by atoms with Crippen molar-refractivity contribution in [1.82, 2.24) is 4.98 Å². The van der Waals surface area contributed by atoms with E-state index < -0.39 is 4.92 Å². The third kappa shape index (κ3) is 3.66. The van der Waals surface area contributed by atoms with Gasteiger partial charge in [-0.1, -0.05) is 20.3 Å². The fourth-order valence-corrected chi connectivity index (χ4v) is 2.07. The highest BCUT2D eigenvalue weighted by Crippen LogP contribution is 2.32. The third-order valence-electron chi connectivity index (χ3n) is 2.55. The van der Waals surface area contributed by atoms with Crippen LogP contribution in [0.1, 0.15) is 33.1 Å². The molecule has 0 aliphatic heterocycles. The molecule has 1 heterocycles. The lowest BCUT2D eigenvalue weighted by atomic mass is 10.1. The highest BCUT2D eigenvalue weighted by molar-refractivity contribution is 9.10. The van der Waals surface area contributed by atoms with Crippen molar-refractivity contribution in [3.63, 3.8) is 0 Å². The maximum absolute atomic E-state index is 10.9. The number of aromatic nitrogens is 1. The lowest BCUT2D eigenvalue weighted by Gasteiger charge is -2.18. The number of nitrogens with zero attached hydrogens (tertiary/aromatic N) is 2.